The van der Waals surface area contributed by atoms with Crippen LogP contribution in [0.2, 0.25) is 0 Å². The molecular formula is C14H23BrN2O3S. The quantitative estimate of drug-likeness (QED) is 0.538. The first-order chi connectivity index (χ1) is 9.74. The first-order valence-corrected chi connectivity index (χ1v) is 9.18. The molecule has 0 unspecified atom stereocenters. The van der Waals surface area contributed by atoms with Gasteiger partial charge in [-0.25, -0.2) is 13.1 Å². The molecule has 0 aromatic heterocycles. The number of unbranched alkanes of at least 4 members (excludes halogenated alkanes) is 1. The first kappa shape index (κ1) is 18.4. The fourth-order valence-electron chi connectivity index (χ4n) is 1.78. The van der Waals surface area contributed by atoms with Crippen LogP contribution in [0.3, 0.4) is 0 Å². The van der Waals surface area contributed by atoms with Gasteiger partial charge in [-0.15, -0.1) is 0 Å². The standard InChI is InChI=1S/C14H23BrN2O3S/c1-10(2)20-7-5-4-6-17-21(18,19)14-9-12(15)8-13(16)11(14)3/h8-10,17H,4-7,16H2,1-3H3. The summed E-state index contributed by atoms with van der Waals surface area (Å²) in [4.78, 5) is 0.216. The highest BCUT2D eigenvalue weighted by Gasteiger charge is 2.18. The third-order valence-corrected chi connectivity index (χ3v) is 5.01. The minimum atomic E-state index is -3.54. The van der Waals surface area contributed by atoms with Gasteiger partial charge in [0, 0.05) is 23.3 Å². The zero-order valence-corrected chi connectivity index (χ0v) is 15.1. The van der Waals surface area contributed by atoms with Crippen LogP contribution in [0.15, 0.2) is 21.5 Å². The van der Waals surface area contributed by atoms with Crippen molar-refractivity contribution in [2.24, 2.45) is 0 Å². The van der Waals surface area contributed by atoms with Gasteiger partial charge in [0.15, 0.2) is 0 Å². The van der Waals surface area contributed by atoms with Crippen LogP contribution >= 0.6 is 15.9 Å². The lowest BCUT2D eigenvalue weighted by Crippen LogP contribution is -2.26. The largest absolute Gasteiger partial charge is 0.398 e. The van der Waals surface area contributed by atoms with Crippen LogP contribution in [0.5, 0.6) is 0 Å². The summed E-state index contributed by atoms with van der Waals surface area (Å²) in [7, 11) is -3.54. The maximum atomic E-state index is 12.3. The summed E-state index contributed by atoms with van der Waals surface area (Å²) in [5, 5.41) is 0. The highest BCUT2D eigenvalue weighted by molar-refractivity contribution is 9.10. The van der Waals surface area contributed by atoms with Crippen LogP contribution in [0, 0.1) is 6.92 Å². The normalized spacial score (nSPS) is 12.0. The number of ether oxygens (including phenoxy) is 1. The van der Waals surface area contributed by atoms with Gasteiger partial charge in [0.05, 0.1) is 11.0 Å². The minimum Gasteiger partial charge on any atom is -0.398 e. The van der Waals surface area contributed by atoms with E-state index in [1.54, 1.807) is 19.1 Å². The molecule has 7 heteroatoms. The molecule has 1 aromatic carbocycles. The Labute approximate surface area is 135 Å². The molecule has 0 aliphatic rings. The van der Waals surface area contributed by atoms with Crippen LogP contribution in [-0.4, -0.2) is 27.7 Å². The van der Waals surface area contributed by atoms with Crippen LogP contribution in [0.4, 0.5) is 5.69 Å². The molecule has 0 spiro atoms. The second kappa shape index (κ2) is 8.12. The number of hydrogen-bond donors (Lipinski definition) is 2. The molecule has 0 saturated heterocycles. The summed E-state index contributed by atoms with van der Waals surface area (Å²) in [6.07, 6.45) is 1.75. The van der Waals surface area contributed by atoms with Crippen molar-refractivity contribution >= 4 is 31.6 Å². The van der Waals surface area contributed by atoms with E-state index in [1.807, 2.05) is 13.8 Å². The number of halogens is 1. The molecule has 0 saturated carbocycles. The topological polar surface area (TPSA) is 81.4 Å². The third kappa shape index (κ3) is 5.94. The Bertz CT molecular complexity index is 574. The van der Waals surface area contributed by atoms with Crippen molar-refractivity contribution in [2.75, 3.05) is 18.9 Å². The first-order valence-electron chi connectivity index (χ1n) is 6.91. The molecule has 1 rings (SSSR count). The molecule has 21 heavy (non-hydrogen) atoms. The summed E-state index contributed by atoms with van der Waals surface area (Å²) in [5.74, 6) is 0. The van der Waals surface area contributed by atoms with Crippen LogP contribution in [0.1, 0.15) is 32.3 Å². The Morgan fingerprint density at radius 2 is 2.00 bits per heavy atom. The van der Waals surface area contributed by atoms with E-state index < -0.39 is 10.0 Å². The molecule has 0 radical (unpaired) electrons. The SMILES string of the molecule is Cc1c(N)cc(Br)cc1S(=O)(=O)NCCCCOC(C)C. The van der Waals surface area contributed by atoms with Crippen molar-refractivity contribution in [3.63, 3.8) is 0 Å². The van der Waals surface area contributed by atoms with Crippen LogP contribution in [-0.2, 0) is 14.8 Å². The second-order valence-electron chi connectivity index (χ2n) is 5.14. The van der Waals surface area contributed by atoms with Crippen LogP contribution < -0.4 is 10.5 Å². The third-order valence-electron chi connectivity index (χ3n) is 2.97. The average Bonchev–Trinajstić information content (AvgIpc) is 2.37. The molecule has 5 nitrogen and oxygen atoms in total. The lowest BCUT2D eigenvalue weighted by Gasteiger charge is -2.12. The summed E-state index contributed by atoms with van der Waals surface area (Å²) < 4.78 is 33.2. The highest BCUT2D eigenvalue weighted by atomic mass is 79.9. The molecule has 0 amide bonds. The van der Waals surface area contributed by atoms with Crippen molar-refractivity contribution in [2.45, 2.75) is 44.6 Å². The van der Waals surface area contributed by atoms with Gasteiger partial charge >= 0.3 is 0 Å². The van der Waals surface area contributed by atoms with Gasteiger partial charge < -0.3 is 10.5 Å². The molecule has 0 aliphatic carbocycles. The molecular weight excluding hydrogens is 356 g/mol. The molecule has 0 bridgehead atoms. The zero-order chi connectivity index (χ0) is 16.0. The summed E-state index contributed by atoms with van der Waals surface area (Å²) in [5.41, 5.74) is 6.82. The molecule has 0 atom stereocenters. The number of hydrogen-bond acceptors (Lipinski definition) is 4. The zero-order valence-electron chi connectivity index (χ0n) is 12.6. The number of anilines is 1. The number of sulfonamides is 1. The van der Waals surface area contributed by atoms with Crippen molar-refractivity contribution < 1.29 is 13.2 Å². The number of rotatable bonds is 8. The number of nitrogen functional groups attached to an aromatic ring is 1. The smallest absolute Gasteiger partial charge is 0.240 e. The lowest BCUT2D eigenvalue weighted by atomic mass is 10.2. The maximum absolute atomic E-state index is 12.3. The minimum absolute atomic E-state index is 0.203. The number of nitrogens with one attached hydrogen (secondary N) is 1. The van der Waals surface area contributed by atoms with E-state index in [9.17, 15) is 8.42 Å². The number of nitrogens with two attached hydrogens (primary N) is 1. The summed E-state index contributed by atoms with van der Waals surface area (Å²) in [6, 6.07) is 3.26. The lowest BCUT2D eigenvalue weighted by molar-refractivity contribution is 0.0762. The van der Waals surface area contributed by atoms with Crippen LogP contribution in [0.25, 0.3) is 0 Å². The molecule has 3 N–H and O–H groups in total. The predicted octanol–water partition coefficient (Wildman–Crippen LogP) is 2.82. The Hall–Kier alpha value is -0.630. The summed E-state index contributed by atoms with van der Waals surface area (Å²) in [6.45, 7) is 6.68. The van der Waals surface area contributed by atoms with Gasteiger partial charge in [-0.3, -0.25) is 0 Å². The van der Waals surface area contributed by atoms with E-state index >= 15 is 0 Å². The van der Waals surface area contributed by atoms with E-state index in [-0.39, 0.29) is 11.0 Å². The van der Waals surface area contributed by atoms with Gasteiger partial charge in [-0.05, 0) is 51.3 Å². The van der Waals surface area contributed by atoms with Crippen molar-refractivity contribution in [3.8, 4) is 0 Å². The number of benzene rings is 1. The molecule has 0 aliphatic heterocycles. The Kier molecular flexibility index (Phi) is 7.12. The highest BCUT2D eigenvalue weighted by Crippen LogP contribution is 2.26. The molecule has 1 aromatic rings. The fourth-order valence-corrected chi connectivity index (χ4v) is 3.78. The van der Waals surface area contributed by atoms with Gasteiger partial charge in [0.25, 0.3) is 0 Å². The van der Waals surface area contributed by atoms with Gasteiger partial charge in [0.1, 0.15) is 0 Å². The molecule has 120 valence electrons. The van der Waals surface area contributed by atoms with Gasteiger partial charge in [-0.1, -0.05) is 15.9 Å². The Morgan fingerprint density at radius 3 is 2.62 bits per heavy atom. The fraction of sp³-hybridized carbons (Fsp3) is 0.571. The monoisotopic (exact) mass is 378 g/mol. The van der Waals surface area contributed by atoms with Crippen molar-refractivity contribution in [3.05, 3.63) is 22.2 Å². The molecule has 0 heterocycles. The Balaban J connectivity index is 2.59. The van der Waals surface area contributed by atoms with E-state index in [2.05, 4.69) is 20.7 Å². The molecule has 0 fully saturated rings. The van der Waals surface area contributed by atoms with Crippen molar-refractivity contribution in [1.82, 2.24) is 4.72 Å². The maximum Gasteiger partial charge on any atom is 0.240 e. The predicted molar refractivity (Wildman–Crippen MR) is 88.8 cm³/mol. The van der Waals surface area contributed by atoms with Crippen molar-refractivity contribution in [1.29, 1.82) is 0 Å². The summed E-state index contributed by atoms with van der Waals surface area (Å²) >= 11 is 3.27. The van der Waals surface area contributed by atoms with Gasteiger partial charge in [0.2, 0.25) is 10.0 Å². The van der Waals surface area contributed by atoms with E-state index in [0.717, 1.165) is 12.8 Å². The van der Waals surface area contributed by atoms with E-state index in [1.165, 1.54) is 0 Å². The van der Waals surface area contributed by atoms with E-state index in [0.29, 0.717) is 28.9 Å². The average molecular weight is 379 g/mol. The second-order valence-corrected chi connectivity index (χ2v) is 7.79. The van der Waals surface area contributed by atoms with Gasteiger partial charge in [-0.2, -0.15) is 0 Å². The van der Waals surface area contributed by atoms with E-state index in [4.69, 9.17) is 10.5 Å². The Morgan fingerprint density at radius 1 is 1.33 bits per heavy atom.